The van der Waals surface area contributed by atoms with Crippen LogP contribution in [0, 0.1) is 5.82 Å². The standard InChI is InChI=1S/C20H24FN3O3/c1-26-18-8-5-16(13-19(18)27-2)22-20(25)14-23-9-11-24(12-10-23)17-6-3-15(21)4-7-17/h3-8,13H,9-12,14H2,1-2H3,(H,22,25)/p+1. The second kappa shape index (κ2) is 8.73. The van der Waals surface area contributed by atoms with E-state index in [1.807, 2.05) is 0 Å². The maximum Gasteiger partial charge on any atom is 0.279 e. The number of halogens is 1. The summed E-state index contributed by atoms with van der Waals surface area (Å²) >= 11 is 0. The Kier molecular flexibility index (Phi) is 6.13. The first-order valence-corrected chi connectivity index (χ1v) is 8.95. The van der Waals surface area contributed by atoms with Gasteiger partial charge in [-0.1, -0.05) is 0 Å². The molecule has 0 atom stereocenters. The number of piperazine rings is 1. The topological polar surface area (TPSA) is 55.2 Å². The molecule has 144 valence electrons. The summed E-state index contributed by atoms with van der Waals surface area (Å²) in [6.07, 6.45) is 0. The molecule has 2 aromatic carbocycles. The minimum Gasteiger partial charge on any atom is -0.493 e. The average Bonchev–Trinajstić information content (AvgIpc) is 2.69. The lowest BCUT2D eigenvalue weighted by atomic mass is 10.2. The van der Waals surface area contributed by atoms with Gasteiger partial charge in [-0.2, -0.15) is 0 Å². The maximum absolute atomic E-state index is 13.0. The highest BCUT2D eigenvalue weighted by Crippen LogP contribution is 2.29. The van der Waals surface area contributed by atoms with Crippen molar-refractivity contribution in [3.8, 4) is 11.5 Å². The zero-order chi connectivity index (χ0) is 19.2. The largest absolute Gasteiger partial charge is 0.493 e. The Labute approximate surface area is 158 Å². The molecule has 0 unspecified atom stereocenters. The lowest BCUT2D eigenvalue weighted by Crippen LogP contribution is -3.15. The van der Waals surface area contributed by atoms with E-state index in [1.54, 1.807) is 44.6 Å². The number of methoxy groups -OCH3 is 2. The van der Waals surface area contributed by atoms with Crippen LogP contribution in [-0.2, 0) is 4.79 Å². The molecular formula is C20H25FN3O3+. The van der Waals surface area contributed by atoms with E-state index in [0.29, 0.717) is 23.7 Å². The molecule has 27 heavy (non-hydrogen) atoms. The molecule has 1 aliphatic rings. The first kappa shape index (κ1) is 19.0. The van der Waals surface area contributed by atoms with Gasteiger partial charge < -0.3 is 24.6 Å². The van der Waals surface area contributed by atoms with Gasteiger partial charge in [0.25, 0.3) is 5.91 Å². The van der Waals surface area contributed by atoms with Crippen LogP contribution in [-0.4, -0.2) is 52.9 Å². The molecule has 7 heteroatoms. The maximum atomic E-state index is 13.0. The molecule has 1 fully saturated rings. The summed E-state index contributed by atoms with van der Waals surface area (Å²) in [5.74, 6) is 0.941. The van der Waals surface area contributed by atoms with Gasteiger partial charge in [0, 0.05) is 17.4 Å². The molecule has 1 saturated heterocycles. The van der Waals surface area contributed by atoms with Gasteiger partial charge in [-0.3, -0.25) is 4.79 Å². The van der Waals surface area contributed by atoms with Crippen LogP contribution >= 0.6 is 0 Å². The Morgan fingerprint density at radius 2 is 1.74 bits per heavy atom. The summed E-state index contributed by atoms with van der Waals surface area (Å²) in [6.45, 7) is 3.80. The highest BCUT2D eigenvalue weighted by molar-refractivity contribution is 5.91. The van der Waals surface area contributed by atoms with Gasteiger partial charge in [-0.05, 0) is 36.4 Å². The van der Waals surface area contributed by atoms with Crippen LogP contribution in [0.2, 0.25) is 0 Å². The molecule has 0 radical (unpaired) electrons. The number of amides is 1. The predicted octanol–water partition coefficient (Wildman–Crippen LogP) is 1.19. The average molecular weight is 374 g/mol. The number of hydrogen-bond acceptors (Lipinski definition) is 4. The summed E-state index contributed by atoms with van der Waals surface area (Å²) < 4.78 is 23.5. The van der Waals surface area contributed by atoms with Crippen molar-refractivity contribution in [2.24, 2.45) is 0 Å². The van der Waals surface area contributed by atoms with E-state index >= 15 is 0 Å². The molecule has 2 aromatic rings. The van der Waals surface area contributed by atoms with Crippen molar-refractivity contribution in [1.29, 1.82) is 0 Å². The third kappa shape index (κ3) is 4.89. The third-order valence-corrected chi connectivity index (χ3v) is 4.74. The number of ether oxygens (including phenoxy) is 2. The van der Waals surface area contributed by atoms with Crippen LogP contribution < -0.4 is 24.6 Å². The smallest absolute Gasteiger partial charge is 0.279 e. The molecule has 1 amide bonds. The number of benzene rings is 2. The summed E-state index contributed by atoms with van der Waals surface area (Å²) in [6, 6.07) is 11.9. The Morgan fingerprint density at radius 1 is 1.07 bits per heavy atom. The normalized spacial score (nSPS) is 14.7. The number of nitrogens with zero attached hydrogens (tertiary/aromatic N) is 1. The van der Waals surface area contributed by atoms with Crippen LogP contribution in [0.15, 0.2) is 42.5 Å². The Hall–Kier alpha value is -2.80. The van der Waals surface area contributed by atoms with Crippen LogP contribution in [0.3, 0.4) is 0 Å². The van der Waals surface area contributed by atoms with E-state index in [0.717, 1.165) is 31.9 Å². The molecule has 2 N–H and O–H groups in total. The number of quaternary nitrogens is 1. The van der Waals surface area contributed by atoms with E-state index < -0.39 is 0 Å². The molecule has 6 nitrogen and oxygen atoms in total. The number of carbonyl (C=O) groups excluding carboxylic acids is 1. The number of anilines is 2. The van der Waals surface area contributed by atoms with E-state index in [1.165, 1.54) is 17.0 Å². The number of rotatable bonds is 6. The monoisotopic (exact) mass is 374 g/mol. The van der Waals surface area contributed by atoms with Gasteiger partial charge in [0.2, 0.25) is 0 Å². The van der Waals surface area contributed by atoms with Crippen molar-refractivity contribution >= 4 is 17.3 Å². The van der Waals surface area contributed by atoms with Crippen LogP contribution in [0.4, 0.5) is 15.8 Å². The van der Waals surface area contributed by atoms with Crippen molar-refractivity contribution in [3.63, 3.8) is 0 Å². The van der Waals surface area contributed by atoms with Crippen molar-refractivity contribution < 1.29 is 23.6 Å². The van der Waals surface area contributed by atoms with Crippen molar-refractivity contribution in [2.75, 3.05) is 57.2 Å². The minimum absolute atomic E-state index is 0.0348. The fraction of sp³-hybridized carbons (Fsp3) is 0.350. The van der Waals surface area contributed by atoms with Crippen LogP contribution in [0.5, 0.6) is 11.5 Å². The number of hydrogen-bond donors (Lipinski definition) is 2. The molecule has 0 aromatic heterocycles. The lowest BCUT2D eigenvalue weighted by molar-refractivity contribution is -0.892. The van der Waals surface area contributed by atoms with Crippen LogP contribution in [0.25, 0.3) is 0 Å². The summed E-state index contributed by atoms with van der Waals surface area (Å²) in [4.78, 5) is 15.8. The summed E-state index contributed by atoms with van der Waals surface area (Å²) in [5.41, 5.74) is 1.70. The predicted molar refractivity (Wildman–Crippen MR) is 102 cm³/mol. The van der Waals surface area contributed by atoms with Gasteiger partial charge >= 0.3 is 0 Å². The molecular weight excluding hydrogens is 349 g/mol. The van der Waals surface area contributed by atoms with E-state index in [-0.39, 0.29) is 11.7 Å². The fourth-order valence-corrected chi connectivity index (χ4v) is 3.26. The first-order chi connectivity index (χ1) is 13.1. The minimum atomic E-state index is -0.227. The van der Waals surface area contributed by atoms with E-state index in [2.05, 4.69) is 10.2 Å². The molecule has 0 saturated carbocycles. The van der Waals surface area contributed by atoms with Gasteiger partial charge in [0.1, 0.15) is 5.82 Å². The van der Waals surface area contributed by atoms with E-state index in [9.17, 15) is 9.18 Å². The highest BCUT2D eigenvalue weighted by atomic mass is 19.1. The Bertz CT molecular complexity index is 775. The second-order valence-corrected chi connectivity index (χ2v) is 6.51. The third-order valence-electron chi connectivity index (χ3n) is 4.74. The van der Waals surface area contributed by atoms with Crippen LogP contribution in [0.1, 0.15) is 0 Å². The van der Waals surface area contributed by atoms with Gasteiger partial charge in [-0.15, -0.1) is 0 Å². The van der Waals surface area contributed by atoms with Crippen molar-refractivity contribution in [1.82, 2.24) is 0 Å². The fourth-order valence-electron chi connectivity index (χ4n) is 3.26. The lowest BCUT2D eigenvalue weighted by Gasteiger charge is -2.33. The van der Waals surface area contributed by atoms with Gasteiger partial charge in [0.15, 0.2) is 18.0 Å². The van der Waals surface area contributed by atoms with Gasteiger partial charge in [0.05, 0.1) is 40.4 Å². The SMILES string of the molecule is COc1ccc(NC(=O)C[NH+]2CCN(c3ccc(F)cc3)CC2)cc1OC. The van der Waals surface area contributed by atoms with E-state index in [4.69, 9.17) is 9.47 Å². The molecule has 0 spiro atoms. The highest BCUT2D eigenvalue weighted by Gasteiger charge is 2.22. The molecule has 3 rings (SSSR count). The molecule has 0 aliphatic carbocycles. The quantitative estimate of drug-likeness (QED) is 0.798. The van der Waals surface area contributed by atoms with Gasteiger partial charge in [-0.25, -0.2) is 4.39 Å². The zero-order valence-corrected chi connectivity index (χ0v) is 15.6. The zero-order valence-electron chi connectivity index (χ0n) is 15.6. The van der Waals surface area contributed by atoms with Crippen molar-refractivity contribution in [2.45, 2.75) is 0 Å². The Balaban J connectivity index is 1.50. The summed E-state index contributed by atoms with van der Waals surface area (Å²) in [5, 5.41) is 2.91. The summed E-state index contributed by atoms with van der Waals surface area (Å²) in [7, 11) is 3.14. The Morgan fingerprint density at radius 3 is 2.37 bits per heavy atom. The first-order valence-electron chi connectivity index (χ1n) is 8.95. The molecule has 0 bridgehead atoms. The second-order valence-electron chi connectivity index (χ2n) is 6.51. The molecule has 1 heterocycles. The van der Waals surface area contributed by atoms with Crippen molar-refractivity contribution in [3.05, 3.63) is 48.3 Å². The molecule has 1 aliphatic heterocycles. The number of nitrogens with one attached hydrogen (secondary N) is 2. The number of carbonyl (C=O) groups is 1.